The van der Waals surface area contributed by atoms with Gasteiger partial charge in [-0.2, -0.15) is 0 Å². The molecule has 0 aliphatic heterocycles. The maximum absolute atomic E-state index is 12.8. The van der Waals surface area contributed by atoms with E-state index in [2.05, 4.69) is 29.1 Å². The molecule has 0 atom stereocenters. The number of nitrogens with one attached hydrogen (secondary N) is 1. The van der Waals surface area contributed by atoms with Crippen LogP contribution in [0.15, 0.2) is 30.3 Å². The van der Waals surface area contributed by atoms with Crippen LogP contribution in [0.5, 0.6) is 5.75 Å². The first-order valence-corrected chi connectivity index (χ1v) is 10.6. The quantitative estimate of drug-likeness (QED) is 0.466. The average Bonchev–Trinajstić information content (AvgIpc) is 3.21. The second-order valence-corrected chi connectivity index (χ2v) is 8.65. The third kappa shape index (κ3) is 3.41. The Labute approximate surface area is 170 Å². The molecule has 0 saturated carbocycles. The van der Waals surface area contributed by atoms with E-state index in [1.807, 2.05) is 37.3 Å². The van der Waals surface area contributed by atoms with Crippen LogP contribution in [-0.2, 0) is 0 Å². The van der Waals surface area contributed by atoms with Crippen molar-refractivity contribution in [1.29, 1.82) is 0 Å². The van der Waals surface area contributed by atoms with E-state index in [4.69, 9.17) is 10.5 Å². The molecule has 4 aromatic rings. The van der Waals surface area contributed by atoms with E-state index in [0.29, 0.717) is 28.2 Å². The smallest absolute Gasteiger partial charge is 0.269 e. The number of anilines is 2. The summed E-state index contributed by atoms with van der Waals surface area (Å²) in [5.74, 6) is 0.835. The maximum Gasteiger partial charge on any atom is 0.269 e. The van der Waals surface area contributed by atoms with Gasteiger partial charge in [-0.25, -0.2) is 9.97 Å². The van der Waals surface area contributed by atoms with Crippen LogP contribution in [0.2, 0.25) is 0 Å². The lowest BCUT2D eigenvalue weighted by Crippen LogP contribution is -2.11. The Morgan fingerprint density at radius 2 is 2.04 bits per heavy atom. The normalized spacial score (nSPS) is 11.4. The van der Waals surface area contributed by atoms with Gasteiger partial charge in [-0.05, 0) is 43.2 Å². The number of carbonyl (C=O) groups is 1. The van der Waals surface area contributed by atoms with Crippen molar-refractivity contribution in [3.8, 4) is 5.75 Å². The van der Waals surface area contributed by atoms with Crippen molar-refractivity contribution in [2.45, 2.75) is 26.7 Å². The van der Waals surface area contributed by atoms with Crippen LogP contribution in [-0.4, -0.2) is 22.5 Å². The molecule has 144 valence electrons. The number of fused-ring (bicyclic) bond motifs is 2. The van der Waals surface area contributed by atoms with Gasteiger partial charge in [0.2, 0.25) is 0 Å². The molecule has 0 aliphatic carbocycles. The number of hydrogen-bond acceptors (Lipinski definition) is 7. The van der Waals surface area contributed by atoms with Crippen LogP contribution < -0.4 is 15.8 Å². The fraction of sp³-hybridized carbons (Fsp3) is 0.250. The number of thiophene rings is 1. The summed E-state index contributed by atoms with van der Waals surface area (Å²) in [4.78, 5) is 23.2. The first kappa shape index (κ1) is 18.6. The van der Waals surface area contributed by atoms with Crippen molar-refractivity contribution in [3.05, 3.63) is 40.9 Å². The van der Waals surface area contributed by atoms with Gasteiger partial charge in [0, 0.05) is 11.1 Å². The molecular formula is C20H20N4O2S2. The molecule has 0 radical (unpaired) electrons. The van der Waals surface area contributed by atoms with E-state index < -0.39 is 0 Å². The highest BCUT2D eigenvalue weighted by Crippen LogP contribution is 2.35. The van der Waals surface area contributed by atoms with Gasteiger partial charge in [0.1, 0.15) is 15.5 Å². The van der Waals surface area contributed by atoms with E-state index in [1.165, 1.54) is 22.7 Å². The topological polar surface area (TPSA) is 90.1 Å². The fourth-order valence-electron chi connectivity index (χ4n) is 2.87. The van der Waals surface area contributed by atoms with Crippen LogP contribution in [0.25, 0.3) is 20.4 Å². The second kappa shape index (κ2) is 7.37. The summed E-state index contributed by atoms with van der Waals surface area (Å²) in [6.07, 6.45) is 0. The summed E-state index contributed by atoms with van der Waals surface area (Å²) >= 11 is 2.71. The van der Waals surface area contributed by atoms with E-state index in [0.717, 1.165) is 31.9 Å². The minimum Gasteiger partial charge on any atom is -0.494 e. The highest BCUT2D eigenvalue weighted by Gasteiger charge is 2.19. The number of amides is 1. The highest BCUT2D eigenvalue weighted by molar-refractivity contribution is 7.23. The lowest BCUT2D eigenvalue weighted by atomic mass is 10.1. The predicted octanol–water partition coefficient (Wildman–Crippen LogP) is 5.26. The van der Waals surface area contributed by atoms with Crippen LogP contribution in [0.3, 0.4) is 0 Å². The monoisotopic (exact) mass is 412 g/mol. The van der Waals surface area contributed by atoms with Gasteiger partial charge >= 0.3 is 0 Å². The number of ether oxygens (including phenoxy) is 1. The number of aromatic nitrogens is 2. The van der Waals surface area contributed by atoms with Crippen molar-refractivity contribution in [1.82, 2.24) is 9.97 Å². The fourth-order valence-corrected chi connectivity index (χ4v) is 4.76. The first-order valence-electron chi connectivity index (χ1n) is 9.00. The number of carbonyl (C=O) groups excluding carboxylic acids is 1. The number of nitrogen functional groups attached to an aromatic ring is 1. The van der Waals surface area contributed by atoms with Gasteiger partial charge in [-0.3, -0.25) is 10.1 Å². The van der Waals surface area contributed by atoms with Crippen molar-refractivity contribution in [3.63, 3.8) is 0 Å². The largest absolute Gasteiger partial charge is 0.494 e. The third-order valence-corrected chi connectivity index (χ3v) is 6.35. The van der Waals surface area contributed by atoms with Gasteiger partial charge < -0.3 is 10.5 Å². The SMILES string of the molecule is CCOc1ccc2nc(NC(=O)c3sc4nc(C(C)C)ccc4c3N)sc2c1. The summed E-state index contributed by atoms with van der Waals surface area (Å²) in [6.45, 7) is 6.72. The molecule has 1 aromatic carbocycles. The molecule has 0 unspecified atom stereocenters. The van der Waals surface area contributed by atoms with Gasteiger partial charge in [-0.15, -0.1) is 11.3 Å². The second-order valence-electron chi connectivity index (χ2n) is 6.62. The zero-order valence-electron chi connectivity index (χ0n) is 15.8. The molecule has 0 fully saturated rings. The maximum atomic E-state index is 12.8. The van der Waals surface area contributed by atoms with Gasteiger partial charge in [0.15, 0.2) is 5.13 Å². The van der Waals surface area contributed by atoms with Gasteiger partial charge in [0.05, 0.1) is 22.5 Å². The van der Waals surface area contributed by atoms with Gasteiger partial charge in [0.25, 0.3) is 5.91 Å². The summed E-state index contributed by atoms with van der Waals surface area (Å²) in [5.41, 5.74) is 8.48. The van der Waals surface area contributed by atoms with Crippen LogP contribution in [0, 0.1) is 0 Å². The van der Waals surface area contributed by atoms with Crippen molar-refractivity contribution in [2.24, 2.45) is 0 Å². The predicted molar refractivity (Wildman–Crippen MR) is 117 cm³/mol. The number of rotatable bonds is 5. The molecular weight excluding hydrogens is 392 g/mol. The number of nitrogens with two attached hydrogens (primary N) is 1. The van der Waals surface area contributed by atoms with Crippen LogP contribution in [0.4, 0.5) is 10.8 Å². The summed E-state index contributed by atoms with van der Waals surface area (Å²) in [7, 11) is 0. The van der Waals surface area contributed by atoms with Crippen molar-refractivity contribution in [2.75, 3.05) is 17.7 Å². The Morgan fingerprint density at radius 3 is 2.79 bits per heavy atom. The number of pyridine rings is 1. The third-order valence-electron chi connectivity index (χ3n) is 4.30. The molecule has 0 spiro atoms. The Hall–Kier alpha value is -2.71. The van der Waals surface area contributed by atoms with Crippen molar-refractivity contribution >= 4 is 59.8 Å². The van der Waals surface area contributed by atoms with Crippen LogP contribution >= 0.6 is 22.7 Å². The molecule has 8 heteroatoms. The highest BCUT2D eigenvalue weighted by atomic mass is 32.1. The number of thiazole rings is 1. The molecule has 0 aliphatic rings. The zero-order chi connectivity index (χ0) is 19.8. The van der Waals surface area contributed by atoms with E-state index in [1.54, 1.807) is 0 Å². The lowest BCUT2D eigenvalue weighted by Gasteiger charge is -2.03. The molecule has 0 bridgehead atoms. The number of hydrogen-bond donors (Lipinski definition) is 2. The number of benzene rings is 1. The molecule has 6 nitrogen and oxygen atoms in total. The molecule has 28 heavy (non-hydrogen) atoms. The Kier molecular flexibility index (Phi) is 4.91. The first-order chi connectivity index (χ1) is 13.5. The minimum atomic E-state index is -0.268. The van der Waals surface area contributed by atoms with E-state index in [-0.39, 0.29) is 5.91 Å². The average molecular weight is 413 g/mol. The van der Waals surface area contributed by atoms with Crippen LogP contribution in [0.1, 0.15) is 42.1 Å². The Balaban J connectivity index is 1.62. The standard InChI is InChI=1S/C20H20N4O2S2/c1-4-26-11-5-7-14-15(9-11)27-20(23-14)24-18(25)17-16(21)12-6-8-13(10(2)3)22-19(12)28-17/h5-10H,4,21H2,1-3H3,(H,23,24,25). The zero-order valence-corrected chi connectivity index (χ0v) is 17.4. The van der Waals surface area contributed by atoms with E-state index >= 15 is 0 Å². The van der Waals surface area contributed by atoms with E-state index in [9.17, 15) is 4.79 Å². The molecule has 0 saturated heterocycles. The molecule has 4 rings (SSSR count). The summed E-state index contributed by atoms with van der Waals surface area (Å²) in [5, 5.41) is 4.21. The number of nitrogens with zero attached hydrogens (tertiary/aromatic N) is 2. The Bertz CT molecular complexity index is 1180. The summed E-state index contributed by atoms with van der Waals surface area (Å²) < 4.78 is 6.47. The molecule has 3 N–H and O–H groups in total. The Morgan fingerprint density at radius 1 is 1.21 bits per heavy atom. The molecule has 1 amide bonds. The molecule has 3 aromatic heterocycles. The summed E-state index contributed by atoms with van der Waals surface area (Å²) in [6, 6.07) is 9.59. The minimum absolute atomic E-state index is 0.268. The molecule has 3 heterocycles. The van der Waals surface area contributed by atoms with Crippen molar-refractivity contribution < 1.29 is 9.53 Å². The van der Waals surface area contributed by atoms with Gasteiger partial charge in [-0.1, -0.05) is 25.2 Å². The lowest BCUT2D eigenvalue weighted by molar-refractivity contribution is 0.103.